The van der Waals surface area contributed by atoms with Gasteiger partial charge in [0, 0.05) is 18.8 Å². The zero-order valence-electron chi connectivity index (χ0n) is 10.4. The highest BCUT2D eigenvalue weighted by atomic mass is 35.5. The van der Waals surface area contributed by atoms with Crippen molar-refractivity contribution in [1.29, 1.82) is 0 Å². The maximum absolute atomic E-state index is 11.5. The Balaban J connectivity index is 1.94. The minimum absolute atomic E-state index is 0.000697. The van der Waals surface area contributed by atoms with Crippen molar-refractivity contribution in [3.63, 3.8) is 0 Å². The van der Waals surface area contributed by atoms with E-state index in [9.17, 15) is 4.79 Å². The molecule has 1 fully saturated rings. The van der Waals surface area contributed by atoms with Crippen molar-refractivity contribution < 1.29 is 9.21 Å². The van der Waals surface area contributed by atoms with Gasteiger partial charge in [-0.05, 0) is 38.1 Å². The van der Waals surface area contributed by atoms with Gasteiger partial charge in [0.1, 0.15) is 5.76 Å². The van der Waals surface area contributed by atoms with Crippen LogP contribution in [0.3, 0.4) is 0 Å². The molecule has 2 heterocycles. The van der Waals surface area contributed by atoms with Crippen LogP contribution in [0.1, 0.15) is 31.1 Å². The van der Waals surface area contributed by atoms with E-state index in [2.05, 4.69) is 10.2 Å². The maximum atomic E-state index is 11.5. The largest absolute Gasteiger partial charge is 0.468 e. The molecule has 0 saturated carbocycles. The van der Waals surface area contributed by atoms with Crippen LogP contribution in [0.15, 0.2) is 22.8 Å². The van der Waals surface area contributed by atoms with Gasteiger partial charge in [-0.1, -0.05) is 0 Å². The van der Waals surface area contributed by atoms with Gasteiger partial charge in [0.15, 0.2) is 0 Å². The number of hydrogen-bond acceptors (Lipinski definition) is 3. The van der Waals surface area contributed by atoms with Gasteiger partial charge in [-0.15, -0.1) is 11.6 Å². The number of carbonyl (C=O) groups excluding carboxylic acids is 1. The summed E-state index contributed by atoms with van der Waals surface area (Å²) < 4.78 is 5.48. The van der Waals surface area contributed by atoms with Crippen LogP contribution in [0.4, 0.5) is 0 Å². The number of rotatable bonds is 6. The first-order valence-corrected chi connectivity index (χ1v) is 6.95. The van der Waals surface area contributed by atoms with Crippen molar-refractivity contribution in [2.24, 2.45) is 0 Å². The van der Waals surface area contributed by atoms with Crippen LogP contribution in [0.2, 0.25) is 0 Å². The molecule has 100 valence electrons. The molecule has 0 radical (unpaired) electrons. The molecule has 1 aliphatic heterocycles. The summed E-state index contributed by atoms with van der Waals surface area (Å²) in [6.45, 7) is 2.72. The Hall–Kier alpha value is -1.00. The van der Waals surface area contributed by atoms with Gasteiger partial charge < -0.3 is 9.73 Å². The molecule has 5 heteroatoms. The molecule has 1 atom stereocenters. The van der Waals surface area contributed by atoms with Crippen molar-refractivity contribution in [3.05, 3.63) is 24.2 Å². The Morgan fingerprint density at radius 2 is 2.28 bits per heavy atom. The smallest absolute Gasteiger partial charge is 0.221 e. The minimum atomic E-state index is 0.000697. The maximum Gasteiger partial charge on any atom is 0.221 e. The summed E-state index contributed by atoms with van der Waals surface area (Å²) in [7, 11) is 0. The van der Waals surface area contributed by atoms with Gasteiger partial charge in [-0.2, -0.15) is 0 Å². The average Bonchev–Trinajstić information content (AvgIpc) is 3.02. The molecule has 0 aromatic carbocycles. The summed E-state index contributed by atoms with van der Waals surface area (Å²) in [5.74, 6) is 1.28. The molecule has 0 aliphatic carbocycles. The Labute approximate surface area is 112 Å². The van der Waals surface area contributed by atoms with Crippen LogP contribution in [0.25, 0.3) is 0 Å². The van der Waals surface area contributed by atoms with Gasteiger partial charge in [0.2, 0.25) is 5.91 Å². The molecular weight excluding hydrogens is 252 g/mol. The zero-order valence-corrected chi connectivity index (χ0v) is 11.2. The van der Waals surface area contributed by atoms with Gasteiger partial charge in [0.05, 0.1) is 12.3 Å². The number of halogens is 1. The van der Waals surface area contributed by atoms with Crippen molar-refractivity contribution in [2.75, 3.05) is 25.5 Å². The molecule has 1 aromatic rings. The Kier molecular flexibility index (Phi) is 5.08. The highest BCUT2D eigenvalue weighted by Gasteiger charge is 2.25. The van der Waals surface area contributed by atoms with Crippen molar-refractivity contribution >= 4 is 17.5 Å². The van der Waals surface area contributed by atoms with E-state index in [0.717, 1.165) is 18.8 Å². The van der Waals surface area contributed by atoms with Crippen LogP contribution in [-0.2, 0) is 4.79 Å². The van der Waals surface area contributed by atoms with E-state index >= 15 is 0 Å². The predicted octanol–water partition coefficient (Wildman–Crippen LogP) is 2.16. The number of likely N-dealkylation sites (tertiary alicyclic amines) is 1. The first-order chi connectivity index (χ1) is 8.81. The molecule has 1 amide bonds. The summed E-state index contributed by atoms with van der Waals surface area (Å²) >= 11 is 5.55. The second-order valence-corrected chi connectivity index (χ2v) is 4.90. The summed E-state index contributed by atoms with van der Waals surface area (Å²) in [5.41, 5.74) is 0. The second-order valence-electron chi connectivity index (χ2n) is 4.52. The highest BCUT2D eigenvalue weighted by Crippen LogP contribution is 2.24. The fourth-order valence-corrected chi connectivity index (χ4v) is 2.50. The zero-order chi connectivity index (χ0) is 12.8. The SMILES string of the molecule is O=C(CCCl)NCC(c1ccco1)N1CCCC1. The molecule has 1 saturated heterocycles. The average molecular weight is 271 g/mol. The standard InChI is InChI=1S/C13H19ClN2O2/c14-6-5-13(17)15-10-11(12-4-3-9-18-12)16-7-1-2-8-16/h3-4,9,11H,1-2,5-8,10H2,(H,15,17). The highest BCUT2D eigenvalue weighted by molar-refractivity contribution is 6.18. The van der Waals surface area contributed by atoms with E-state index < -0.39 is 0 Å². The predicted molar refractivity (Wildman–Crippen MR) is 70.6 cm³/mol. The molecule has 0 spiro atoms. The van der Waals surface area contributed by atoms with E-state index in [1.165, 1.54) is 12.8 Å². The third-order valence-corrected chi connectivity index (χ3v) is 3.46. The molecule has 4 nitrogen and oxygen atoms in total. The van der Waals surface area contributed by atoms with E-state index in [1.54, 1.807) is 6.26 Å². The molecule has 1 aromatic heterocycles. The monoisotopic (exact) mass is 270 g/mol. The fourth-order valence-electron chi connectivity index (χ4n) is 2.33. The van der Waals surface area contributed by atoms with Crippen LogP contribution >= 0.6 is 11.6 Å². The summed E-state index contributed by atoms with van der Waals surface area (Å²) in [6, 6.07) is 4.00. The molecule has 1 aliphatic rings. The van der Waals surface area contributed by atoms with Gasteiger partial charge in [0.25, 0.3) is 0 Å². The lowest BCUT2D eigenvalue weighted by Gasteiger charge is -2.25. The quantitative estimate of drug-likeness (QED) is 0.806. The van der Waals surface area contributed by atoms with E-state index in [0.29, 0.717) is 18.8 Å². The van der Waals surface area contributed by atoms with Crippen molar-refractivity contribution in [1.82, 2.24) is 10.2 Å². The molecule has 2 rings (SSSR count). The topological polar surface area (TPSA) is 45.5 Å². The van der Waals surface area contributed by atoms with E-state index in [4.69, 9.17) is 16.0 Å². The molecule has 0 bridgehead atoms. The summed E-state index contributed by atoms with van der Waals surface area (Å²) in [5, 5.41) is 2.92. The number of nitrogens with zero attached hydrogens (tertiary/aromatic N) is 1. The normalized spacial score (nSPS) is 17.8. The Morgan fingerprint density at radius 1 is 1.50 bits per heavy atom. The number of amides is 1. The lowest BCUT2D eigenvalue weighted by Crippen LogP contribution is -2.36. The molecule has 18 heavy (non-hydrogen) atoms. The van der Waals surface area contributed by atoms with Crippen LogP contribution in [0.5, 0.6) is 0 Å². The van der Waals surface area contributed by atoms with Crippen LogP contribution < -0.4 is 5.32 Å². The van der Waals surface area contributed by atoms with Crippen LogP contribution in [-0.4, -0.2) is 36.3 Å². The first-order valence-electron chi connectivity index (χ1n) is 6.41. The van der Waals surface area contributed by atoms with Gasteiger partial charge >= 0.3 is 0 Å². The minimum Gasteiger partial charge on any atom is -0.468 e. The second kappa shape index (κ2) is 6.81. The molecule has 1 unspecified atom stereocenters. The van der Waals surface area contributed by atoms with Crippen LogP contribution in [0, 0.1) is 0 Å². The lowest BCUT2D eigenvalue weighted by molar-refractivity contribution is -0.120. The number of carbonyl (C=O) groups is 1. The fraction of sp³-hybridized carbons (Fsp3) is 0.615. The van der Waals surface area contributed by atoms with Gasteiger partial charge in [-0.3, -0.25) is 9.69 Å². The Bertz CT molecular complexity index is 361. The van der Waals surface area contributed by atoms with E-state index in [-0.39, 0.29) is 11.9 Å². The third kappa shape index (κ3) is 3.50. The summed E-state index contributed by atoms with van der Waals surface area (Å²) in [4.78, 5) is 13.8. The van der Waals surface area contributed by atoms with Crippen molar-refractivity contribution in [3.8, 4) is 0 Å². The molecule has 1 N–H and O–H groups in total. The number of nitrogens with one attached hydrogen (secondary N) is 1. The lowest BCUT2D eigenvalue weighted by atomic mass is 10.2. The number of hydrogen-bond donors (Lipinski definition) is 1. The Morgan fingerprint density at radius 3 is 2.89 bits per heavy atom. The van der Waals surface area contributed by atoms with Gasteiger partial charge in [-0.25, -0.2) is 0 Å². The number of furan rings is 1. The number of alkyl halides is 1. The molecular formula is C13H19ClN2O2. The van der Waals surface area contributed by atoms with E-state index in [1.807, 2.05) is 12.1 Å². The first kappa shape index (κ1) is 13.4. The summed E-state index contributed by atoms with van der Waals surface area (Å²) in [6.07, 6.45) is 4.48. The third-order valence-electron chi connectivity index (χ3n) is 3.27. The van der Waals surface area contributed by atoms with Crippen molar-refractivity contribution in [2.45, 2.75) is 25.3 Å².